The van der Waals surface area contributed by atoms with Crippen LogP contribution in [-0.2, 0) is 11.0 Å². The summed E-state index contributed by atoms with van der Waals surface area (Å²) in [6.45, 7) is 10.1. The number of likely N-dealkylation sites (N-methyl/N-ethyl adjacent to an activating group) is 1. The van der Waals surface area contributed by atoms with Gasteiger partial charge in [0.15, 0.2) is 5.78 Å². The van der Waals surface area contributed by atoms with Crippen LogP contribution >= 0.6 is 0 Å². The van der Waals surface area contributed by atoms with Crippen LogP contribution in [0.5, 0.6) is 0 Å². The molecule has 1 aliphatic carbocycles. The van der Waals surface area contributed by atoms with Gasteiger partial charge in [0.25, 0.3) is 8.32 Å². The number of fused-ring (bicyclic) bond motifs is 2. The Balaban J connectivity index is 1.10. The van der Waals surface area contributed by atoms with Crippen molar-refractivity contribution in [1.82, 2.24) is 19.7 Å². The van der Waals surface area contributed by atoms with Crippen molar-refractivity contribution in [2.75, 3.05) is 39.1 Å². The van der Waals surface area contributed by atoms with E-state index in [4.69, 9.17) is 9.52 Å². The third kappa shape index (κ3) is 6.42. The highest BCUT2D eigenvalue weighted by atomic mass is 28.4. The minimum Gasteiger partial charge on any atom is -0.407 e. The summed E-state index contributed by atoms with van der Waals surface area (Å²) in [5.74, 6) is 0.0376. The molecule has 2 heterocycles. The van der Waals surface area contributed by atoms with Crippen molar-refractivity contribution in [2.45, 2.75) is 58.0 Å². The van der Waals surface area contributed by atoms with E-state index in [2.05, 4.69) is 123 Å². The Hall–Kier alpha value is -4.11. The second-order valence-electron chi connectivity index (χ2n) is 13.9. The van der Waals surface area contributed by atoms with Crippen LogP contribution in [0.3, 0.4) is 0 Å². The number of carbonyl (C=O) groups excluding carboxylic acids is 1. The molecule has 0 aliphatic heterocycles. The number of aromatic nitrogens is 3. The summed E-state index contributed by atoms with van der Waals surface area (Å²) in [4.78, 5) is 20.3. The number of hydrogen-bond acceptors (Lipinski definition) is 6. The Morgan fingerprint density at radius 2 is 1.53 bits per heavy atom. The summed E-state index contributed by atoms with van der Waals surface area (Å²) < 4.78 is 9.10. The SMILES string of the molecule is CN(C)CCn1nc2c3c(c(NCCCCCCO[Si](c4ccccc4)(c4ccccc4)C(C)(C)C)ccc31)C(=O)c1ccncc1-2. The van der Waals surface area contributed by atoms with Gasteiger partial charge in [-0.25, -0.2) is 0 Å². The fraction of sp³-hybridized carbons (Fsp3) is 0.359. The number of carbonyl (C=O) groups is 1. The molecule has 0 saturated carbocycles. The lowest BCUT2D eigenvalue weighted by atomic mass is 9.87. The average molecular weight is 646 g/mol. The lowest BCUT2D eigenvalue weighted by Crippen LogP contribution is -2.66. The zero-order chi connectivity index (χ0) is 33.0. The molecule has 0 amide bonds. The number of nitrogens with one attached hydrogen (secondary N) is 1. The first-order valence-corrected chi connectivity index (χ1v) is 18.8. The third-order valence-electron chi connectivity index (χ3n) is 9.35. The van der Waals surface area contributed by atoms with Crippen LogP contribution in [0.4, 0.5) is 5.69 Å². The number of rotatable bonds is 14. The zero-order valence-electron chi connectivity index (χ0n) is 28.4. The molecule has 8 heteroatoms. The number of benzene rings is 3. The maximum absolute atomic E-state index is 13.8. The van der Waals surface area contributed by atoms with Crippen LogP contribution in [0.15, 0.2) is 91.3 Å². The molecule has 0 atom stereocenters. The Morgan fingerprint density at radius 1 is 0.851 bits per heavy atom. The van der Waals surface area contributed by atoms with Gasteiger partial charge in [-0.1, -0.05) is 94.3 Å². The van der Waals surface area contributed by atoms with E-state index >= 15 is 0 Å². The largest absolute Gasteiger partial charge is 0.407 e. The van der Waals surface area contributed by atoms with E-state index in [0.29, 0.717) is 5.56 Å². The molecular weight excluding hydrogens is 599 g/mol. The molecule has 3 aromatic carbocycles. The van der Waals surface area contributed by atoms with Crippen LogP contribution in [0, 0.1) is 0 Å². The van der Waals surface area contributed by atoms with Gasteiger partial charge in [-0.15, -0.1) is 0 Å². The van der Waals surface area contributed by atoms with Crippen molar-refractivity contribution in [3.63, 3.8) is 0 Å². The van der Waals surface area contributed by atoms with Gasteiger partial charge in [-0.3, -0.25) is 14.5 Å². The van der Waals surface area contributed by atoms with Gasteiger partial charge in [0.2, 0.25) is 0 Å². The molecule has 7 nitrogen and oxygen atoms in total. The summed E-state index contributed by atoms with van der Waals surface area (Å²) in [7, 11) is 1.62. The van der Waals surface area contributed by atoms with Crippen molar-refractivity contribution >= 4 is 41.1 Å². The monoisotopic (exact) mass is 645 g/mol. The van der Waals surface area contributed by atoms with E-state index < -0.39 is 8.32 Å². The van der Waals surface area contributed by atoms with Gasteiger partial charge in [0, 0.05) is 54.3 Å². The topological polar surface area (TPSA) is 72.3 Å². The van der Waals surface area contributed by atoms with E-state index in [0.717, 1.165) is 85.3 Å². The van der Waals surface area contributed by atoms with Crippen LogP contribution in [-0.4, -0.2) is 67.6 Å². The summed E-state index contributed by atoms with van der Waals surface area (Å²) >= 11 is 0. The number of anilines is 1. The highest BCUT2D eigenvalue weighted by Crippen LogP contribution is 2.41. The fourth-order valence-corrected chi connectivity index (χ4v) is 11.6. The van der Waals surface area contributed by atoms with Crippen molar-refractivity contribution in [1.29, 1.82) is 0 Å². The van der Waals surface area contributed by atoms with E-state index in [-0.39, 0.29) is 10.8 Å². The molecule has 244 valence electrons. The second-order valence-corrected chi connectivity index (χ2v) is 18.2. The summed E-state index contributed by atoms with van der Waals surface area (Å²) in [6, 6.07) is 27.7. The molecule has 6 rings (SSSR count). The Labute approximate surface area is 280 Å². The van der Waals surface area contributed by atoms with E-state index in [1.807, 2.05) is 10.7 Å². The summed E-state index contributed by atoms with van der Waals surface area (Å²) in [5.41, 5.74) is 4.93. The Morgan fingerprint density at radius 3 is 2.19 bits per heavy atom. The van der Waals surface area contributed by atoms with Gasteiger partial charge in [0.05, 0.1) is 17.6 Å². The molecule has 0 saturated heterocycles. The molecule has 0 fully saturated rings. The van der Waals surface area contributed by atoms with Crippen molar-refractivity contribution in [2.24, 2.45) is 0 Å². The number of ketones is 1. The van der Waals surface area contributed by atoms with Crippen molar-refractivity contribution in [3.05, 3.63) is 102 Å². The highest BCUT2D eigenvalue weighted by molar-refractivity contribution is 6.99. The summed E-state index contributed by atoms with van der Waals surface area (Å²) in [6.07, 6.45) is 7.67. The lowest BCUT2D eigenvalue weighted by molar-refractivity contribution is 0.104. The zero-order valence-corrected chi connectivity index (χ0v) is 29.4. The van der Waals surface area contributed by atoms with Crippen LogP contribution in [0.1, 0.15) is 62.4 Å². The van der Waals surface area contributed by atoms with Gasteiger partial charge in [-0.2, -0.15) is 5.10 Å². The number of nitrogens with zero attached hydrogens (tertiary/aromatic N) is 4. The smallest absolute Gasteiger partial charge is 0.261 e. The number of unbranched alkanes of at least 4 members (excludes halogenated alkanes) is 3. The third-order valence-corrected chi connectivity index (χ3v) is 14.4. The number of pyridine rings is 1. The van der Waals surface area contributed by atoms with Crippen LogP contribution in [0.25, 0.3) is 22.2 Å². The van der Waals surface area contributed by atoms with Gasteiger partial charge in [0.1, 0.15) is 5.69 Å². The lowest BCUT2D eigenvalue weighted by Gasteiger charge is -2.43. The minimum absolute atomic E-state index is 0.0157. The second kappa shape index (κ2) is 13.9. The first-order chi connectivity index (χ1) is 22.7. The molecule has 1 N–H and O–H groups in total. The van der Waals surface area contributed by atoms with Crippen LogP contribution in [0.2, 0.25) is 5.04 Å². The van der Waals surface area contributed by atoms with Crippen LogP contribution < -0.4 is 15.7 Å². The van der Waals surface area contributed by atoms with Crippen molar-refractivity contribution in [3.8, 4) is 11.3 Å². The molecule has 1 aliphatic rings. The highest BCUT2D eigenvalue weighted by Gasteiger charge is 2.49. The van der Waals surface area contributed by atoms with Gasteiger partial charge < -0.3 is 14.6 Å². The first-order valence-electron chi connectivity index (χ1n) is 16.9. The predicted octanol–water partition coefficient (Wildman–Crippen LogP) is 6.75. The standard InChI is InChI=1S/C39H47N5O2Si/c1-39(2,3)47(29-16-10-8-11-17-29,30-18-12-9-13-19-30)46-27-15-7-6-14-23-41-33-20-21-34-36-35(33)38(45)31-22-24-40-28-32(31)37(36)42-44(34)26-25-43(4)5/h8-13,16-22,24,28,41H,6-7,14-15,23,25-27H2,1-5H3. The van der Waals surface area contributed by atoms with Gasteiger partial charge in [-0.05, 0) is 60.5 Å². The molecule has 0 unspecified atom stereocenters. The fourth-order valence-electron chi connectivity index (χ4n) is 7.01. The minimum atomic E-state index is -2.50. The predicted molar refractivity (Wildman–Crippen MR) is 195 cm³/mol. The normalized spacial score (nSPS) is 12.9. The van der Waals surface area contributed by atoms with E-state index in [9.17, 15) is 4.79 Å². The molecule has 47 heavy (non-hydrogen) atoms. The molecule has 2 aromatic heterocycles. The van der Waals surface area contributed by atoms with Crippen molar-refractivity contribution < 1.29 is 9.22 Å². The first kappa shape index (κ1) is 32.8. The molecule has 5 aromatic rings. The molecule has 0 spiro atoms. The molecule has 0 radical (unpaired) electrons. The number of hydrogen-bond donors (Lipinski definition) is 1. The Bertz CT molecular complexity index is 1790. The maximum atomic E-state index is 13.8. The van der Waals surface area contributed by atoms with E-state index in [1.54, 1.807) is 12.4 Å². The Kier molecular flexibility index (Phi) is 9.73. The average Bonchev–Trinajstić information content (AvgIpc) is 3.45. The summed E-state index contributed by atoms with van der Waals surface area (Å²) in [5, 5.41) is 12.1. The quantitative estimate of drug-likeness (QED) is 0.104. The molecular formula is C39H47N5O2Si. The molecule has 0 bridgehead atoms. The maximum Gasteiger partial charge on any atom is 0.261 e. The van der Waals surface area contributed by atoms with Gasteiger partial charge >= 0.3 is 0 Å². The van der Waals surface area contributed by atoms with E-state index in [1.165, 1.54) is 10.4 Å².